The van der Waals surface area contributed by atoms with E-state index in [1.165, 1.54) is 13.0 Å². The van der Waals surface area contributed by atoms with Gasteiger partial charge in [0.15, 0.2) is 12.2 Å². The van der Waals surface area contributed by atoms with Crippen molar-refractivity contribution in [2.24, 2.45) is 0 Å². The lowest BCUT2D eigenvalue weighted by Gasteiger charge is -2.40. The van der Waals surface area contributed by atoms with Crippen LogP contribution in [0.5, 0.6) is 0 Å². The van der Waals surface area contributed by atoms with Gasteiger partial charge in [-0.1, -0.05) is 74.5 Å². The summed E-state index contributed by atoms with van der Waals surface area (Å²) in [5, 5.41) is 5.54. The van der Waals surface area contributed by atoms with E-state index in [9.17, 15) is 19.2 Å². The van der Waals surface area contributed by atoms with Gasteiger partial charge >= 0.3 is 12.1 Å². The summed E-state index contributed by atoms with van der Waals surface area (Å²) in [6.45, 7) is 10.6. The molecule has 1 fully saturated rings. The monoisotopic (exact) mass is 619 g/mol. The van der Waals surface area contributed by atoms with Crippen LogP contribution in [0.4, 0.5) is 4.79 Å². The molecular weight excluding hydrogens is 574 g/mol. The van der Waals surface area contributed by atoms with Crippen LogP contribution in [-0.4, -0.2) is 64.6 Å². The number of nitrogens with one attached hydrogen (secondary N) is 2. The van der Waals surface area contributed by atoms with Crippen LogP contribution >= 0.6 is 0 Å². The highest BCUT2D eigenvalue weighted by Crippen LogP contribution is 2.33. The minimum atomic E-state index is -1.31. The maximum absolute atomic E-state index is 14.4. The second-order valence-electron chi connectivity index (χ2n) is 12.5. The van der Waals surface area contributed by atoms with Crippen LogP contribution in [0.1, 0.15) is 84.5 Å². The summed E-state index contributed by atoms with van der Waals surface area (Å²) in [5.41, 5.74) is 0.680. The van der Waals surface area contributed by atoms with Crippen LogP contribution in [0.15, 0.2) is 72.5 Å². The van der Waals surface area contributed by atoms with Gasteiger partial charge < -0.3 is 29.7 Å². The van der Waals surface area contributed by atoms with Gasteiger partial charge in [0.2, 0.25) is 11.7 Å². The Morgan fingerprint density at radius 3 is 1.89 bits per heavy atom. The van der Waals surface area contributed by atoms with Gasteiger partial charge in [-0.2, -0.15) is 0 Å². The van der Waals surface area contributed by atoms with Gasteiger partial charge in [0.1, 0.15) is 5.60 Å². The van der Waals surface area contributed by atoms with E-state index in [-0.39, 0.29) is 23.8 Å². The second kappa shape index (κ2) is 14.6. The molecule has 0 unspecified atom stereocenters. The quantitative estimate of drug-likeness (QED) is 0.371. The molecule has 0 radical (unpaired) electrons. The first-order valence-corrected chi connectivity index (χ1v) is 15.7. The first-order valence-electron chi connectivity index (χ1n) is 15.7. The Morgan fingerprint density at radius 2 is 1.42 bits per heavy atom. The molecule has 0 spiro atoms. The number of alkyl carbamates (subject to hydrolysis) is 1. The van der Waals surface area contributed by atoms with E-state index in [0.717, 1.165) is 36.8 Å². The summed E-state index contributed by atoms with van der Waals surface area (Å²) in [5.74, 6) is -1.84. The van der Waals surface area contributed by atoms with Gasteiger partial charge in [-0.3, -0.25) is 9.59 Å². The number of carbonyl (C=O) groups excluding carboxylic acids is 4. The third-order valence-corrected chi connectivity index (χ3v) is 8.04. The van der Waals surface area contributed by atoms with Crippen molar-refractivity contribution in [2.75, 3.05) is 0 Å². The zero-order valence-corrected chi connectivity index (χ0v) is 26.9. The number of ether oxygens (including phenoxy) is 3. The summed E-state index contributed by atoms with van der Waals surface area (Å²) in [6.07, 6.45) is 1.72. The molecule has 0 saturated carbocycles. The van der Waals surface area contributed by atoms with Gasteiger partial charge in [-0.25, -0.2) is 9.59 Å². The normalized spacial score (nSPS) is 23.0. The Morgan fingerprint density at radius 1 is 0.889 bits per heavy atom. The number of benzene rings is 2. The molecule has 45 heavy (non-hydrogen) atoms. The Hall–Kier alpha value is -4.34. The molecule has 0 aliphatic carbocycles. The fourth-order valence-corrected chi connectivity index (χ4v) is 6.02. The van der Waals surface area contributed by atoms with Gasteiger partial charge in [0, 0.05) is 19.0 Å². The predicted molar refractivity (Wildman–Crippen MR) is 169 cm³/mol. The molecule has 2 aromatic carbocycles. The van der Waals surface area contributed by atoms with Crippen LogP contribution in [0.25, 0.3) is 0 Å². The van der Waals surface area contributed by atoms with Crippen molar-refractivity contribution in [3.8, 4) is 0 Å². The van der Waals surface area contributed by atoms with Crippen molar-refractivity contribution in [3.05, 3.63) is 83.6 Å². The SMILES string of the molecule is CC[C@@H]1CC[C@@H](CC)N1C(=O)[C@@H]1OC(C(=O)OC(c2ccccc2)c2ccccc2)=C[C@H](NC(=O)OC(C)(C)C)[C@H]1NC(C)=O. The number of hydrogen-bond acceptors (Lipinski definition) is 7. The molecule has 5 atom stereocenters. The van der Waals surface area contributed by atoms with Crippen LogP contribution in [-0.2, 0) is 28.6 Å². The molecule has 10 nitrogen and oxygen atoms in total. The highest BCUT2D eigenvalue weighted by molar-refractivity contribution is 5.90. The number of amides is 3. The Labute approximate surface area is 265 Å². The molecule has 0 aromatic heterocycles. The zero-order chi connectivity index (χ0) is 32.7. The van der Waals surface area contributed by atoms with E-state index in [0.29, 0.717) is 0 Å². The molecule has 2 aromatic rings. The van der Waals surface area contributed by atoms with Crippen LogP contribution < -0.4 is 10.6 Å². The maximum atomic E-state index is 14.4. The number of esters is 1. The number of likely N-dealkylation sites (tertiary alicyclic amines) is 1. The molecule has 1 saturated heterocycles. The number of carbonyl (C=O) groups is 4. The molecule has 2 N–H and O–H groups in total. The highest BCUT2D eigenvalue weighted by Gasteiger charge is 2.48. The van der Waals surface area contributed by atoms with Crippen molar-refractivity contribution in [2.45, 2.75) is 109 Å². The molecule has 2 aliphatic heterocycles. The number of rotatable bonds is 9. The summed E-state index contributed by atoms with van der Waals surface area (Å²) >= 11 is 0. The van der Waals surface area contributed by atoms with Crippen molar-refractivity contribution >= 4 is 23.9 Å². The standard InChI is InChI=1S/C35H45N3O7/c1-7-25-19-20-26(8-2)38(25)32(40)31-29(36-22(3)39)27(37-34(42)45-35(4,5)6)21-28(43-31)33(41)44-30(23-15-11-9-12-16-23)24-17-13-10-14-18-24/h9-18,21,25-27,29-31H,7-8,19-20H2,1-6H3,(H,36,39)(H,37,42)/t25-,26-,27+,29-,31-/m1/s1. The summed E-state index contributed by atoms with van der Waals surface area (Å²) < 4.78 is 17.7. The molecular formula is C35H45N3O7. The maximum Gasteiger partial charge on any atom is 0.408 e. The van der Waals surface area contributed by atoms with Crippen LogP contribution in [0.2, 0.25) is 0 Å². The summed E-state index contributed by atoms with van der Waals surface area (Å²) in [7, 11) is 0. The first-order chi connectivity index (χ1) is 21.4. The fraction of sp³-hybridized carbons (Fsp3) is 0.486. The average molecular weight is 620 g/mol. The van der Waals surface area contributed by atoms with Crippen molar-refractivity contribution in [1.29, 1.82) is 0 Å². The molecule has 4 rings (SSSR count). The van der Waals surface area contributed by atoms with E-state index in [1.54, 1.807) is 20.8 Å². The molecule has 2 heterocycles. The minimum Gasteiger partial charge on any atom is -0.471 e. The Balaban J connectivity index is 1.73. The van der Waals surface area contributed by atoms with E-state index >= 15 is 0 Å². The topological polar surface area (TPSA) is 123 Å². The van der Waals surface area contributed by atoms with Gasteiger partial charge in [0.05, 0.1) is 12.1 Å². The summed E-state index contributed by atoms with van der Waals surface area (Å²) in [6, 6.07) is 16.5. The van der Waals surface area contributed by atoms with Crippen molar-refractivity contribution in [3.63, 3.8) is 0 Å². The molecule has 242 valence electrons. The third-order valence-electron chi connectivity index (χ3n) is 8.04. The van der Waals surface area contributed by atoms with E-state index in [2.05, 4.69) is 10.6 Å². The minimum absolute atomic E-state index is 0.0110. The molecule has 0 bridgehead atoms. The average Bonchev–Trinajstić information content (AvgIpc) is 3.43. The third kappa shape index (κ3) is 8.44. The predicted octanol–water partition coefficient (Wildman–Crippen LogP) is 5.18. The van der Waals surface area contributed by atoms with Crippen LogP contribution in [0, 0.1) is 0 Å². The van der Waals surface area contributed by atoms with E-state index < -0.39 is 47.9 Å². The highest BCUT2D eigenvalue weighted by atomic mass is 16.6. The molecule has 3 amide bonds. The lowest BCUT2D eigenvalue weighted by molar-refractivity contribution is -0.156. The smallest absolute Gasteiger partial charge is 0.408 e. The fourth-order valence-electron chi connectivity index (χ4n) is 6.02. The van der Waals surface area contributed by atoms with E-state index in [4.69, 9.17) is 14.2 Å². The second-order valence-corrected chi connectivity index (χ2v) is 12.5. The number of nitrogens with zero attached hydrogens (tertiary/aromatic N) is 1. The molecule has 2 aliphatic rings. The lowest BCUT2D eigenvalue weighted by Crippen LogP contribution is -2.64. The lowest BCUT2D eigenvalue weighted by atomic mass is 9.96. The first kappa shape index (κ1) is 33.6. The van der Waals surface area contributed by atoms with Gasteiger partial charge in [0.25, 0.3) is 5.91 Å². The largest absolute Gasteiger partial charge is 0.471 e. The van der Waals surface area contributed by atoms with Crippen LogP contribution in [0.3, 0.4) is 0 Å². The Kier molecular flexibility index (Phi) is 10.9. The Bertz CT molecular complexity index is 1320. The van der Waals surface area contributed by atoms with Gasteiger partial charge in [-0.05, 0) is 63.7 Å². The molecule has 10 heteroatoms. The zero-order valence-electron chi connectivity index (χ0n) is 26.9. The van der Waals surface area contributed by atoms with E-state index in [1.807, 2.05) is 79.4 Å². The van der Waals surface area contributed by atoms with Crippen molar-refractivity contribution < 1.29 is 33.4 Å². The van der Waals surface area contributed by atoms with Gasteiger partial charge in [-0.15, -0.1) is 0 Å². The van der Waals surface area contributed by atoms with Crippen molar-refractivity contribution in [1.82, 2.24) is 15.5 Å². The number of hydrogen-bond donors (Lipinski definition) is 2. The summed E-state index contributed by atoms with van der Waals surface area (Å²) in [4.78, 5) is 55.5.